The fourth-order valence-corrected chi connectivity index (χ4v) is 6.45. The molecule has 0 radical (unpaired) electrons. The van der Waals surface area contributed by atoms with Crippen LogP contribution >= 0.6 is 11.6 Å². The Morgan fingerprint density at radius 1 is 0.784 bits per heavy atom. The van der Waals surface area contributed by atoms with Crippen molar-refractivity contribution >= 4 is 28.7 Å². The van der Waals surface area contributed by atoms with Crippen LogP contribution in [0.25, 0.3) is 22.6 Å². The van der Waals surface area contributed by atoms with Crippen LogP contribution in [0.15, 0.2) is 119 Å². The molecule has 1 aliphatic heterocycles. The molecule has 0 saturated carbocycles. The SMILES string of the molecule is COc1ccc(C(NC2=N[C@](C)(c3cc(-c4nc5ccc(Cl)cc5o4)c(F)cc3F)C(F)(F)CO2)(c2ccccc2)c2ccc(OC)cc2)cc1. The Balaban J connectivity index is 1.41. The van der Waals surface area contributed by atoms with E-state index in [1.54, 1.807) is 50.6 Å². The summed E-state index contributed by atoms with van der Waals surface area (Å²) in [5.74, 6) is -5.09. The van der Waals surface area contributed by atoms with Crippen LogP contribution in [0.3, 0.4) is 0 Å². The lowest BCUT2D eigenvalue weighted by molar-refractivity contribution is -0.118. The third kappa shape index (κ3) is 5.91. The van der Waals surface area contributed by atoms with Crippen LogP contribution in [0.4, 0.5) is 17.6 Å². The molecule has 2 heterocycles. The summed E-state index contributed by atoms with van der Waals surface area (Å²) in [5.41, 5.74) is -2.15. The number of rotatable bonds is 8. The second-order valence-electron chi connectivity index (χ2n) is 12.1. The lowest BCUT2D eigenvalue weighted by Gasteiger charge is -2.42. The molecule has 260 valence electrons. The summed E-state index contributed by atoms with van der Waals surface area (Å²) in [5, 5.41) is 3.68. The number of aliphatic imine (C=N–C) groups is 1. The lowest BCUT2D eigenvalue weighted by Crippen LogP contribution is -2.56. The van der Waals surface area contributed by atoms with Gasteiger partial charge in [0.15, 0.2) is 17.7 Å². The molecular formula is C39H30ClF4N3O4. The molecule has 0 unspecified atom stereocenters. The number of ether oxygens (including phenoxy) is 3. The van der Waals surface area contributed by atoms with E-state index >= 15 is 17.6 Å². The zero-order valence-electron chi connectivity index (χ0n) is 27.5. The minimum absolute atomic E-state index is 0.240. The third-order valence-electron chi connectivity index (χ3n) is 9.14. The number of aromatic nitrogens is 1. The number of oxazole rings is 1. The number of hydrogen-bond acceptors (Lipinski definition) is 7. The van der Waals surface area contributed by atoms with Crippen molar-refractivity contribution in [2.24, 2.45) is 4.99 Å². The standard InChI is InChI=1S/C39H30ClF4N3O4/c1-37(30-20-29(31(41)21-32(30)42)35-45-33-18-13-26(40)19-34(33)51-35)38(43,44)22-50-36(46-37)47-39(23-7-5-4-6-8-23,24-9-14-27(48-2)15-10-24)25-11-16-28(49-3)17-12-25/h4-21H,22H2,1-3H3,(H,46,47)/t37-/m1/s1. The van der Waals surface area contributed by atoms with Crippen LogP contribution in [-0.4, -0.2) is 37.8 Å². The normalized spacial score (nSPS) is 17.1. The van der Waals surface area contributed by atoms with Crippen LogP contribution in [0.1, 0.15) is 29.2 Å². The van der Waals surface area contributed by atoms with E-state index in [1.807, 2.05) is 54.6 Å². The Kier molecular flexibility index (Phi) is 8.62. The van der Waals surface area contributed by atoms with Crippen molar-refractivity contribution < 1.29 is 36.2 Å². The molecule has 0 bridgehead atoms. The number of fused-ring (bicyclic) bond motifs is 1. The Bertz CT molecular complexity index is 2200. The molecule has 0 aliphatic carbocycles. The first-order valence-electron chi connectivity index (χ1n) is 15.8. The number of nitrogens with one attached hydrogen (secondary N) is 1. The molecule has 0 saturated heterocycles. The highest BCUT2D eigenvalue weighted by Gasteiger charge is 2.57. The highest BCUT2D eigenvalue weighted by atomic mass is 35.5. The van der Waals surface area contributed by atoms with Crippen LogP contribution in [-0.2, 0) is 15.8 Å². The maximum atomic E-state index is 16.1. The molecule has 1 aliphatic rings. The molecule has 7 nitrogen and oxygen atoms in total. The Labute approximate surface area is 295 Å². The monoisotopic (exact) mass is 715 g/mol. The third-order valence-corrected chi connectivity index (χ3v) is 9.37. The summed E-state index contributed by atoms with van der Waals surface area (Å²) in [4.78, 5) is 8.68. The number of methoxy groups -OCH3 is 2. The molecule has 5 aromatic carbocycles. The Morgan fingerprint density at radius 2 is 1.39 bits per heavy atom. The summed E-state index contributed by atoms with van der Waals surface area (Å²) >= 11 is 6.07. The fourth-order valence-electron chi connectivity index (χ4n) is 6.28. The first kappa shape index (κ1) is 33.9. The summed E-state index contributed by atoms with van der Waals surface area (Å²) in [6, 6.07) is 29.5. The molecule has 0 amide bonds. The van der Waals surface area contributed by atoms with Gasteiger partial charge < -0.3 is 23.9 Å². The quantitative estimate of drug-likeness (QED) is 0.125. The van der Waals surface area contributed by atoms with Crippen molar-refractivity contribution in [3.05, 3.63) is 148 Å². The molecule has 6 aromatic rings. The first-order chi connectivity index (χ1) is 24.5. The molecule has 1 N–H and O–H groups in total. The van der Waals surface area contributed by atoms with Crippen LogP contribution in [0.2, 0.25) is 5.02 Å². The van der Waals surface area contributed by atoms with E-state index in [1.165, 1.54) is 6.07 Å². The molecule has 0 spiro atoms. The van der Waals surface area contributed by atoms with E-state index < -0.39 is 40.8 Å². The van der Waals surface area contributed by atoms with E-state index in [2.05, 4.69) is 15.3 Å². The minimum atomic E-state index is -3.75. The highest BCUT2D eigenvalue weighted by Crippen LogP contribution is 2.47. The molecular weight excluding hydrogens is 686 g/mol. The molecule has 1 aromatic heterocycles. The van der Waals surface area contributed by atoms with Gasteiger partial charge in [-0.05, 0) is 66.1 Å². The first-order valence-corrected chi connectivity index (χ1v) is 16.1. The van der Waals surface area contributed by atoms with Crippen molar-refractivity contribution in [1.82, 2.24) is 10.3 Å². The number of benzene rings is 5. The minimum Gasteiger partial charge on any atom is -0.497 e. The maximum Gasteiger partial charge on any atom is 0.310 e. The van der Waals surface area contributed by atoms with E-state index in [0.717, 1.165) is 13.0 Å². The summed E-state index contributed by atoms with van der Waals surface area (Å²) in [6.07, 6.45) is 0. The van der Waals surface area contributed by atoms with Gasteiger partial charge in [0.25, 0.3) is 6.02 Å². The smallest absolute Gasteiger partial charge is 0.310 e. The molecule has 12 heteroatoms. The van der Waals surface area contributed by atoms with Crippen LogP contribution in [0, 0.1) is 11.6 Å². The van der Waals surface area contributed by atoms with Crippen LogP contribution < -0.4 is 14.8 Å². The van der Waals surface area contributed by atoms with Gasteiger partial charge in [0, 0.05) is 22.7 Å². The molecule has 51 heavy (non-hydrogen) atoms. The van der Waals surface area contributed by atoms with Gasteiger partial charge >= 0.3 is 5.92 Å². The second kappa shape index (κ2) is 13.0. The maximum absolute atomic E-state index is 16.1. The van der Waals surface area contributed by atoms with Gasteiger partial charge in [-0.1, -0.05) is 66.2 Å². The largest absolute Gasteiger partial charge is 0.497 e. The van der Waals surface area contributed by atoms with Gasteiger partial charge in [0.05, 0.1) is 19.8 Å². The van der Waals surface area contributed by atoms with Gasteiger partial charge in [-0.15, -0.1) is 0 Å². The summed E-state index contributed by atoms with van der Waals surface area (Å²) in [7, 11) is 3.10. The average molecular weight is 716 g/mol. The average Bonchev–Trinajstić information content (AvgIpc) is 3.55. The Hall–Kier alpha value is -5.55. The molecule has 1 atom stereocenters. The lowest BCUT2D eigenvalue weighted by atomic mass is 9.77. The highest BCUT2D eigenvalue weighted by molar-refractivity contribution is 6.31. The predicted molar refractivity (Wildman–Crippen MR) is 186 cm³/mol. The van der Waals surface area contributed by atoms with Crippen molar-refractivity contribution in [3.63, 3.8) is 0 Å². The van der Waals surface area contributed by atoms with Crippen molar-refractivity contribution in [1.29, 1.82) is 0 Å². The molecule has 7 rings (SSSR count). The van der Waals surface area contributed by atoms with E-state index in [4.69, 9.17) is 30.2 Å². The second-order valence-corrected chi connectivity index (χ2v) is 12.6. The Morgan fingerprint density at radius 3 is 2.00 bits per heavy atom. The topological polar surface area (TPSA) is 78.1 Å². The number of alkyl halides is 2. The van der Waals surface area contributed by atoms with Crippen molar-refractivity contribution in [2.45, 2.75) is 23.9 Å². The van der Waals surface area contributed by atoms with Gasteiger partial charge in [-0.2, -0.15) is 8.78 Å². The van der Waals surface area contributed by atoms with Crippen LogP contribution in [0.5, 0.6) is 11.5 Å². The number of halogens is 5. The number of amidine groups is 1. The fraction of sp³-hybridized carbons (Fsp3) is 0.179. The summed E-state index contributed by atoms with van der Waals surface area (Å²) < 4.78 is 85.5. The van der Waals surface area contributed by atoms with Gasteiger partial charge in [-0.25, -0.2) is 18.8 Å². The zero-order valence-corrected chi connectivity index (χ0v) is 28.3. The van der Waals surface area contributed by atoms with Gasteiger partial charge in [-0.3, -0.25) is 0 Å². The van der Waals surface area contributed by atoms with E-state index in [9.17, 15) is 0 Å². The number of hydrogen-bond donors (Lipinski definition) is 1. The van der Waals surface area contributed by atoms with Gasteiger partial charge in [0.1, 0.15) is 34.2 Å². The van der Waals surface area contributed by atoms with Crippen molar-refractivity contribution in [2.75, 3.05) is 20.8 Å². The molecule has 0 fully saturated rings. The van der Waals surface area contributed by atoms with E-state index in [-0.39, 0.29) is 23.1 Å². The predicted octanol–water partition coefficient (Wildman–Crippen LogP) is 9.26. The number of nitrogens with zero attached hydrogens (tertiary/aromatic N) is 2. The summed E-state index contributed by atoms with van der Waals surface area (Å²) in [6.45, 7) is -0.0902. The van der Waals surface area contributed by atoms with Gasteiger partial charge in [0.2, 0.25) is 5.89 Å². The zero-order chi connectivity index (χ0) is 36.0. The van der Waals surface area contributed by atoms with Crippen molar-refractivity contribution in [3.8, 4) is 23.0 Å². The van der Waals surface area contributed by atoms with E-state index in [0.29, 0.717) is 44.8 Å².